The predicted octanol–water partition coefficient (Wildman–Crippen LogP) is 1.70. The first-order valence-corrected chi connectivity index (χ1v) is 10.4. The number of hydrogen-bond acceptors (Lipinski definition) is 5. The molecule has 3 aliphatic rings. The number of aromatic amines is 1. The van der Waals surface area contributed by atoms with Gasteiger partial charge in [-0.1, -0.05) is 0 Å². The van der Waals surface area contributed by atoms with E-state index in [0.717, 1.165) is 0 Å². The Morgan fingerprint density at radius 3 is 2.66 bits per heavy atom. The van der Waals surface area contributed by atoms with Crippen molar-refractivity contribution in [2.45, 2.75) is 45.1 Å². The third-order valence-corrected chi connectivity index (χ3v) is 6.39. The lowest BCUT2D eigenvalue weighted by Crippen LogP contribution is -2.70. The van der Waals surface area contributed by atoms with Crippen LogP contribution in [-0.2, 0) is 6.54 Å². The number of aromatic nitrogens is 5. The zero-order valence-electron chi connectivity index (χ0n) is 17.6. The lowest BCUT2D eigenvalue weighted by Gasteiger charge is -2.56. The second-order valence-corrected chi connectivity index (χ2v) is 8.33. The van der Waals surface area contributed by atoms with Crippen molar-refractivity contribution in [1.82, 2.24) is 34.1 Å². The molecule has 0 aromatic carbocycles. The molecule has 2 unspecified atom stereocenters. The van der Waals surface area contributed by atoms with E-state index in [9.17, 15) is 22.8 Å². The molecule has 0 spiro atoms. The molecule has 1 N–H and O–H groups in total. The van der Waals surface area contributed by atoms with Gasteiger partial charge in [-0.2, -0.15) is 23.3 Å². The number of alkyl halides is 3. The lowest BCUT2D eigenvalue weighted by atomic mass is 9.87. The maximum Gasteiger partial charge on any atom is 0.401 e. The molecule has 2 bridgehead atoms. The van der Waals surface area contributed by atoms with E-state index in [1.807, 2.05) is 11.5 Å². The normalized spacial score (nSPS) is 21.2. The van der Waals surface area contributed by atoms with Crippen molar-refractivity contribution in [3.05, 3.63) is 40.1 Å². The predicted molar refractivity (Wildman–Crippen MR) is 109 cm³/mol. The number of piperazine rings is 1. The minimum atomic E-state index is -4.25. The summed E-state index contributed by atoms with van der Waals surface area (Å²) in [4.78, 5) is 35.8. The zero-order chi connectivity index (χ0) is 22.8. The number of halogens is 3. The van der Waals surface area contributed by atoms with Gasteiger partial charge in [0.15, 0.2) is 0 Å². The maximum atomic E-state index is 13.1. The molecule has 32 heavy (non-hydrogen) atoms. The molecule has 12 heteroatoms. The number of amides is 1. The van der Waals surface area contributed by atoms with E-state index in [1.165, 1.54) is 15.8 Å². The fourth-order valence-electron chi connectivity index (χ4n) is 4.74. The largest absolute Gasteiger partial charge is 0.401 e. The SMILES string of the molecule is CCn1ccc2c(=O)[nH]c(-n3ncc(C(=O)N4CC5CC(C4)N5CC(F)(F)F)c3C)nc21. The van der Waals surface area contributed by atoms with Crippen molar-refractivity contribution in [3.8, 4) is 5.95 Å². The molecule has 170 valence electrons. The molecule has 3 aliphatic heterocycles. The van der Waals surface area contributed by atoms with Crippen LogP contribution in [0.4, 0.5) is 13.2 Å². The number of aryl methyl sites for hydroxylation is 1. The van der Waals surface area contributed by atoms with Gasteiger partial charge in [-0.15, -0.1) is 0 Å². The molecule has 0 saturated carbocycles. The summed E-state index contributed by atoms with van der Waals surface area (Å²) in [5.41, 5.74) is 1.05. The van der Waals surface area contributed by atoms with Gasteiger partial charge in [0.05, 0.1) is 29.4 Å². The standard InChI is InChI=1S/C20H22F3N7O2/c1-3-27-5-4-14-16(27)25-19(26-17(14)31)30-11(2)15(7-24-30)18(32)28-8-12-6-13(9-28)29(12)10-20(21,22)23/h4-5,7,12-13H,3,6,8-10H2,1-2H3,(H,25,26,31). The van der Waals surface area contributed by atoms with Crippen LogP contribution in [0.3, 0.4) is 0 Å². The van der Waals surface area contributed by atoms with Gasteiger partial charge < -0.3 is 9.47 Å². The summed E-state index contributed by atoms with van der Waals surface area (Å²) in [6, 6.07) is 1.14. The van der Waals surface area contributed by atoms with Gasteiger partial charge in [0.1, 0.15) is 5.65 Å². The fraction of sp³-hybridized carbons (Fsp3) is 0.500. The van der Waals surface area contributed by atoms with Gasteiger partial charge in [-0.05, 0) is 26.3 Å². The van der Waals surface area contributed by atoms with E-state index in [2.05, 4.69) is 15.1 Å². The van der Waals surface area contributed by atoms with Gasteiger partial charge >= 0.3 is 6.18 Å². The number of piperidine rings is 1. The third-order valence-electron chi connectivity index (χ3n) is 6.39. The number of carbonyl (C=O) groups is 1. The molecule has 9 nitrogen and oxygen atoms in total. The highest BCUT2D eigenvalue weighted by atomic mass is 19.4. The number of fused-ring (bicyclic) bond motifs is 3. The number of rotatable bonds is 4. The fourth-order valence-corrected chi connectivity index (χ4v) is 4.74. The Labute approximate surface area is 180 Å². The van der Waals surface area contributed by atoms with E-state index in [-0.39, 0.29) is 42.6 Å². The number of nitrogens with one attached hydrogen (secondary N) is 1. The van der Waals surface area contributed by atoms with Crippen LogP contribution in [0.1, 0.15) is 29.4 Å². The topological polar surface area (TPSA) is 92.0 Å². The second-order valence-electron chi connectivity index (χ2n) is 8.33. The average molecular weight is 449 g/mol. The van der Waals surface area contributed by atoms with Crippen molar-refractivity contribution in [2.75, 3.05) is 19.6 Å². The summed E-state index contributed by atoms with van der Waals surface area (Å²) < 4.78 is 41.5. The highest BCUT2D eigenvalue weighted by Crippen LogP contribution is 2.35. The van der Waals surface area contributed by atoms with Gasteiger partial charge in [0, 0.05) is 37.9 Å². The molecule has 1 amide bonds. The van der Waals surface area contributed by atoms with E-state index in [4.69, 9.17) is 0 Å². The van der Waals surface area contributed by atoms with E-state index in [0.29, 0.717) is 35.3 Å². The summed E-state index contributed by atoms with van der Waals surface area (Å²) in [6.07, 6.45) is -0.385. The van der Waals surface area contributed by atoms with Crippen LogP contribution in [0, 0.1) is 6.92 Å². The Morgan fingerprint density at radius 1 is 1.28 bits per heavy atom. The molecular weight excluding hydrogens is 427 g/mol. The highest BCUT2D eigenvalue weighted by molar-refractivity contribution is 5.95. The van der Waals surface area contributed by atoms with Crippen molar-refractivity contribution in [1.29, 1.82) is 0 Å². The van der Waals surface area contributed by atoms with Crippen molar-refractivity contribution >= 4 is 16.9 Å². The average Bonchev–Trinajstić information content (AvgIpc) is 3.34. The second kappa shape index (κ2) is 7.19. The summed E-state index contributed by atoms with van der Waals surface area (Å²) in [5.74, 6) is -0.0826. The monoisotopic (exact) mass is 449 g/mol. The van der Waals surface area contributed by atoms with E-state index >= 15 is 0 Å². The first kappa shape index (κ1) is 20.7. The number of hydrogen-bond donors (Lipinski definition) is 1. The van der Waals surface area contributed by atoms with E-state index in [1.54, 1.807) is 24.1 Å². The van der Waals surface area contributed by atoms with Crippen molar-refractivity contribution < 1.29 is 18.0 Å². The number of carbonyl (C=O) groups excluding carboxylic acids is 1. The molecule has 6 heterocycles. The van der Waals surface area contributed by atoms with Crippen LogP contribution >= 0.6 is 0 Å². The Morgan fingerprint density at radius 2 is 2.00 bits per heavy atom. The van der Waals surface area contributed by atoms with Gasteiger partial charge in [-0.25, -0.2) is 4.68 Å². The maximum absolute atomic E-state index is 13.1. The minimum absolute atomic E-state index is 0.199. The molecule has 3 fully saturated rings. The van der Waals surface area contributed by atoms with Crippen molar-refractivity contribution in [2.24, 2.45) is 0 Å². The van der Waals surface area contributed by atoms with Crippen LogP contribution in [0.5, 0.6) is 0 Å². The molecular formula is C20H22F3N7O2. The first-order valence-electron chi connectivity index (χ1n) is 10.4. The highest BCUT2D eigenvalue weighted by Gasteiger charge is 2.49. The summed E-state index contributed by atoms with van der Waals surface area (Å²) in [5, 5.41) is 4.72. The van der Waals surface area contributed by atoms with Crippen LogP contribution in [0.2, 0.25) is 0 Å². The van der Waals surface area contributed by atoms with E-state index < -0.39 is 12.7 Å². The quantitative estimate of drug-likeness (QED) is 0.655. The third kappa shape index (κ3) is 3.29. The Hall–Kier alpha value is -3.15. The van der Waals surface area contributed by atoms with Crippen LogP contribution < -0.4 is 5.56 Å². The molecule has 3 aromatic rings. The summed E-state index contributed by atoms with van der Waals surface area (Å²) in [6.45, 7) is 3.84. The number of nitrogens with zero attached hydrogens (tertiary/aromatic N) is 6. The smallest absolute Gasteiger partial charge is 0.335 e. The van der Waals surface area contributed by atoms with Gasteiger partial charge in [0.25, 0.3) is 11.5 Å². The summed E-state index contributed by atoms with van der Waals surface area (Å²) >= 11 is 0. The Bertz CT molecular complexity index is 1250. The molecule has 0 aliphatic carbocycles. The minimum Gasteiger partial charge on any atom is -0.335 e. The van der Waals surface area contributed by atoms with Crippen LogP contribution in [0.15, 0.2) is 23.3 Å². The van der Waals surface area contributed by atoms with Gasteiger partial charge in [-0.3, -0.25) is 19.5 Å². The molecule has 3 aromatic heterocycles. The molecule has 6 rings (SSSR count). The number of H-pyrrole nitrogens is 1. The Balaban J connectivity index is 1.39. The Kier molecular flexibility index (Phi) is 4.66. The molecule has 2 atom stereocenters. The lowest BCUT2D eigenvalue weighted by molar-refractivity contribution is -0.184. The van der Waals surface area contributed by atoms with Gasteiger partial charge in [0.2, 0.25) is 5.95 Å². The van der Waals surface area contributed by atoms with Crippen LogP contribution in [-0.4, -0.2) is 77.9 Å². The van der Waals surface area contributed by atoms with Crippen LogP contribution in [0.25, 0.3) is 17.0 Å². The summed E-state index contributed by atoms with van der Waals surface area (Å²) in [7, 11) is 0. The molecule has 0 radical (unpaired) electrons. The molecule has 3 saturated heterocycles. The van der Waals surface area contributed by atoms with Crippen molar-refractivity contribution in [3.63, 3.8) is 0 Å². The zero-order valence-corrected chi connectivity index (χ0v) is 17.6. The first-order chi connectivity index (χ1) is 15.2.